The molecule has 0 heterocycles. The minimum Gasteiger partial charge on any atom is -0.481 e. The molecule has 0 saturated heterocycles. The Labute approximate surface area is 76.6 Å². The molecular formula is C10H13NO2. The molecule has 5 unspecified atom stereocenters. The van der Waals surface area contributed by atoms with E-state index in [1.165, 1.54) is 0 Å². The summed E-state index contributed by atoms with van der Waals surface area (Å²) in [6, 6.07) is 0. The summed E-state index contributed by atoms with van der Waals surface area (Å²) in [4.78, 5) is 11.0. The standard InChI is InChI=1S/C10H13NO2/c11-4-10-6-2-1-5(3-6)7(10)8(10)9(12)13/h1-2,5-8H,3-4,11H2,(H,12,13). The highest BCUT2D eigenvalue weighted by atomic mass is 16.4. The topological polar surface area (TPSA) is 63.3 Å². The zero-order valence-electron chi connectivity index (χ0n) is 7.31. The van der Waals surface area contributed by atoms with Gasteiger partial charge < -0.3 is 10.8 Å². The van der Waals surface area contributed by atoms with Crippen molar-refractivity contribution in [1.82, 2.24) is 0 Å². The van der Waals surface area contributed by atoms with Gasteiger partial charge >= 0.3 is 5.97 Å². The highest BCUT2D eigenvalue weighted by molar-refractivity contribution is 5.77. The number of rotatable bonds is 2. The molecule has 0 amide bonds. The summed E-state index contributed by atoms with van der Waals surface area (Å²) < 4.78 is 0. The number of nitrogens with two attached hydrogens (primary N) is 1. The average Bonchev–Trinajstić information content (AvgIpc) is 2.45. The summed E-state index contributed by atoms with van der Waals surface area (Å²) >= 11 is 0. The maximum absolute atomic E-state index is 11.0. The Morgan fingerprint density at radius 3 is 2.92 bits per heavy atom. The Morgan fingerprint density at radius 2 is 2.38 bits per heavy atom. The van der Waals surface area contributed by atoms with Gasteiger partial charge in [0.25, 0.3) is 0 Å². The molecule has 3 N–H and O–H groups in total. The van der Waals surface area contributed by atoms with Crippen LogP contribution in [-0.4, -0.2) is 17.6 Å². The Balaban J connectivity index is 1.99. The number of carboxylic acids is 1. The first kappa shape index (κ1) is 7.56. The fourth-order valence-electron chi connectivity index (χ4n) is 3.80. The van der Waals surface area contributed by atoms with Gasteiger partial charge in [0, 0.05) is 5.41 Å². The van der Waals surface area contributed by atoms with Crippen LogP contribution < -0.4 is 5.73 Å². The van der Waals surface area contributed by atoms with E-state index in [-0.39, 0.29) is 11.3 Å². The highest BCUT2D eigenvalue weighted by Gasteiger charge is 2.77. The van der Waals surface area contributed by atoms with Gasteiger partial charge in [-0.05, 0) is 30.7 Å². The minimum absolute atomic E-state index is 0.0503. The third kappa shape index (κ3) is 0.612. The summed E-state index contributed by atoms with van der Waals surface area (Å²) in [6.07, 6.45) is 5.51. The van der Waals surface area contributed by atoms with Crippen LogP contribution in [0.1, 0.15) is 6.42 Å². The highest BCUT2D eigenvalue weighted by Crippen LogP contribution is 2.75. The van der Waals surface area contributed by atoms with Gasteiger partial charge in [0.15, 0.2) is 0 Å². The van der Waals surface area contributed by atoms with Gasteiger partial charge in [0.05, 0.1) is 5.92 Å². The molecule has 70 valence electrons. The molecule has 0 aliphatic heterocycles. The summed E-state index contributed by atoms with van der Waals surface area (Å²) in [7, 11) is 0. The van der Waals surface area contributed by atoms with E-state index in [1.54, 1.807) is 0 Å². The van der Waals surface area contributed by atoms with Crippen molar-refractivity contribution < 1.29 is 9.90 Å². The molecular weight excluding hydrogens is 166 g/mol. The lowest BCUT2D eigenvalue weighted by Gasteiger charge is -2.18. The van der Waals surface area contributed by atoms with Crippen molar-refractivity contribution in [3.8, 4) is 0 Å². The van der Waals surface area contributed by atoms with E-state index < -0.39 is 5.97 Å². The lowest BCUT2D eigenvalue weighted by atomic mass is 9.88. The molecule has 2 fully saturated rings. The van der Waals surface area contributed by atoms with Crippen molar-refractivity contribution in [2.45, 2.75) is 6.42 Å². The zero-order chi connectivity index (χ0) is 9.22. The van der Waals surface area contributed by atoms with Crippen molar-refractivity contribution in [3.63, 3.8) is 0 Å². The van der Waals surface area contributed by atoms with Crippen molar-refractivity contribution in [3.05, 3.63) is 12.2 Å². The lowest BCUT2D eigenvalue weighted by molar-refractivity contribution is -0.140. The molecule has 2 bridgehead atoms. The molecule has 3 heteroatoms. The summed E-state index contributed by atoms with van der Waals surface area (Å²) in [5.41, 5.74) is 5.68. The molecule has 0 radical (unpaired) electrons. The summed E-state index contributed by atoms with van der Waals surface area (Å²) in [6.45, 7) is 0.542. The third-order valence-electron chi connectivity index (χ3n) is 4.34. The Hall–Kier alpha value is -0.830. The first-order valence-electron chi connectivity index (χ1n) is 4.83. The lowest BCUT2D eigenvalue weighted by Crippen LogP contribution is -2.26. The SMILES string of the molecule is NCC12C3C=CC(C3)C1C2C(=O)O. The zero-order valence-corrected chi connectivity index (χ0v) is 7.31. The van der Waals surface area contributed by atoms with Gasteiger partial charge in [-0.15, -0.1) is 0 Å². The maximum atomic E-state index is 11.0. The number of allylic oxidation sites excluding steroid dienone is 2. The van der Waals surface area contributed by atoms with Crippen molar-refractivity contribution in [2.24, 2.45) is 34.8 Å². The van der Waals surface area contributed by atoms with Crippen LogP contribution in [0.3, 0.4) is 0 Å². The average molecular weight is 179 g/mol. The smallest absolute Gasteiger partial charge is 0.307 e. The van der Waals surface area contributed by atoms with Crippen LogP contribution in [0.25, 0.3) is 0 Å². The van der Waals surface area contributed by atoms with Gasteiger partial charge in [0.1, 0.15) is 0 Å². The predicted molar refractivity (Wildman–Crippen MR) is 46.8 cm³/mol. The predicted octanol–water partition coefficient (Wildman–Crippen LogP) is 0.468. The van der Waals surface area contributed by atoms with Crippen molar-refractivity contribution in [2.75, 3.05) is 6.54 Å². The van der Waals surface area contributed by atoms with E-state index in [2.05, 4.69) is 12.2 Å². The van der Waals surface area contributed by atoms with Crippen LogP contribution in [0.2, 0.25) is 0 Å². The Bertz CT molecular complexity index is 312. The number of carbonyl (C=O) groups is 1. The second-order valence-corrected chi connectivity index (χ2v) is 4.55. The molecule has 0 aromatic carbocycles. The van der Waals surface area contributed by atoms with E-state index in [0.717, 1.165) is 6.42 Å². The molecule has 5 atom stereocenters. The normalized spacial score (nSPS) is 55.2. The number of hydrogen-bond acceptors (Lipinski definition) is 2. The van der Waals surface area contributed by atoms with Gasteiger partial charge in [-0.25, -0.2) is 0 Å². The van der Waals surface area contributed by atoms with E-state index in [1.807, 2.05) is 0 Å². The summed E-state index contributed by atoms with van der Waals surface area (Å²) in [5.74, 6) is 0.512. The number of fused-ring (bicyclic) bond motifs is 5. The molecule has 3 aliphatic carbocycles. The maximum Gasteiger partial charge on any atom is 0.307 e. The van der Waals surface area contributed by atoms with Crippen molar-refractivity contribution in [1.29, 1.82) is 0 Å². The first-order valence-corrected chi connectivity index (χ1v) is 4.83. The van der Waals surface area contributed by atoms with E-state index in [4.69, 9.17) is 10.8 Å². The molecule has 0 aromatic rings. The Morgan fingerprint density at radius 1 is 1.62 bits per heavy atom. The van der Waals surface area contributed by atoms with Crippen LogP contribution in [0.4, 0.5) is 0 Å². The number of carboxylic acid groups (broad SMARTS) is 1. The van der Waals surface area contributed by atoms with Crippen LogP contribution in [-0.2, 0) is 4.79 Å². The van der Waals surface area contributed by atoms with Crippen molar-refractivity contribution >= 4 is 5.97 Å². The van der Waals surface area contributed by atoms with Gasteiger partial charge in [0.2, 0.25) is 0 Å². The molecule has 0 aromatic heterocycles. The molecule has 3 nitrogen and oxygen atoms in total. The number of hydrogen-bond donors (Lipinski definition) is 2. The second kappa shape index (κ2) is 1.98. The molecule has 3 rings (SSSR count). The van der Waals surface area contributed by atoms with E-state index >= 15 is 0 Å². The second-order valence-electron chi connectivity index (χ2n) is 4.55. The van der Waals surface area contributed by atoms with Gasteiger partial charge in [-0.2, -0.15) is 0 Å². The minimum atomic E-state index is -0.645. The van der Waals surface area contributed by atoms with Crippen LogP contribution >= 0.6 is 0 Å². The van der Waals surface area contributed by atoms with Gasteiger partial charge in [-0.3, -0.25) is 4.79 Å². The quantitative estimate of drug-likeness (QED) is 0.605. The largest absolute Gasteiger partial charge is 0.481 e. The summed E-state index contributed by atoms with van der Waals surface area (Å²) in [5, 5.41) is 9.04. The van der Waals surface area contributed by atoms with E-state index in [9.17, 15) is 4.79 Å². The fourth-order valence-corrected chi connectivity index (χ4v) is 3.80. The molecule has 2 saturated carbocycles. The van der Waals surface area contributed by atoms with Crippen LogP contribution in [0, 0.1) is 29.1 Å². The molecule has 0 spiro atoms. The van der Waals surface area contributed by atoms with Crippen LogP contribution in [0.15, 0.2) is 12.2 Å². The first-order chi connectivity index (χ1) is 6.21. The van der Waals surface area contributed by atoms with E-state index in [0.29, 0.717) is 24.3 Å². The van der Waals surface area contributed by atoms with Gasteiger partial charge in [-0.1, -0.05) is 12.2 Å². The van der Waals surface area contributed by atoms with Crippen LogP contribution in [0.5, 0.6) is 0 Å². The fraction of sp³-hybridized carbons (Fsp3) is 0.700. The monoisotopic (exact) mass is 179 g/mol. The molecule has 13 heavy (non-hydrogen) atoms. The Kier molecular flexibility index (Phi) is 1.15. The number of aliphatic carboxylic acids is 1. The third-order valence-corrected chi connectivity index (χ3v) is 4.34. The molecule has 3 aliphatic rings.